The lowest BCUT2D eigenvalue weighted by Gasteiger charge is -2.16. The van der Waals surface area contributed by atoms with E-state index in [2.05, 4.69) is 15.3 Å². The third-order valence-corrected chi connectivity index (χ3v) is 3.39. The first kappa shape index (κ1) is 9.59. The standard InChI is InChI=1S/C11H11N3OS/c15-11-8-2-1-4-12-10(8)13-9(14-11)7-3-5-16-6-7/h3,5-6H,1-2,4H2,(H2,12,13,14,15). The Morgan fingerprint density at radius 1 is 1.44 bits per heavy atom. The van der Waals surface area contributed by atoms with E-state index < -0.39 is 0 Å². The van der Waals surface area contributed by atoms with Crippen LogP contribution in [0.15, 0.2) is 21.6 Å². The predicted octanol–water partition coefficient (Wildman–Crippen LogP) is 1.86. The van der Waals surface area contributed by atoms with Crippen LogP contribution in [0.4, 0.5) is 5.82 Å². The molecule has 0 atom stereocenters. The summed E-state index contributed by atoms with van der Waals surface area (Å²) in [5.41, 5.74) is 1.74. The zero-order valence-corrected chi connectivity index (χ0v) is 9.43. The molecular weight excluding hydrogens is 222 g/mol. The number of hydrogen-bond acceptors (Lipinski definition) is 4. The summed E-state index contributed by atoms with van der Waals surface area (Å²) in [5.74, 6) is 1.40. The van der Waals surface area contributed by atoms with Crippen molar-refractivity contribution in [2.45, 2.75) is 12.8 Å². The number of aromatic nitrogens is 2. The second-order valence-electron chi connectivity index (χ2n) is 3.78. The fourth-order valence-electron chi connectivity index (χ4n) is 1.88. The van der Waals surface area contributed by atoms with Gasteiger partial charge in [0.25, 0.3) is 5.56 Å². The summed E-state index contributed by atoms with van der Waals surface area (Å²) in [6, 6.07) is 1.96. The molecule has 3 heterocycles. The fraction of sp³-hybridized carbons (Fsp3) is 0.273. The molecule has 2 aromatic heterocycles. The number of H-pyrrole nitrogens is 1. The monoisotopic (exact) mass is 233 g/mol. The van der Waals surface area contributed by atoms with E-state index in [0.29, 0.717) is 5.82 Å². The zero-order valence-electron chi connectivity index (χ0n) is 8.62. The Labute approximate surface area is 96.4 Å². The number of rotatable bonds is 1. The summed E-state index contributed by atoms with van der Waals surface area (Å²) < 4.78 is 0. The molecule has 82 valence electrons. The van der Waals surface area contributed by atoms with E-state index in [4.69, 9.17) is 0 Å². The molecular formula is C11H11N3OS. The molecule has 0 fully saturated rings. The minimum Gasteiger partial charge on any atom is -0.370 e. The van der Waals surface area contributed by atoms with Crippen molar-refractivity contribution in [1.82, 2.24) is 9.97 Å². The van der Waals surface area contributed by atoms with E-state index in [-0.39, 0.29) is 5.56 Å². The first-order chi connectivity index (χ1) is 7.84. The van der Waals surface area contributed by atoms with E-state index in [1.54, 1.807) is 11.3 Å². The summed E-state index contributed by atoms with van der Waals surface area (Å²) in [5, 5.41) is 7.13. The van der Waals surface area contributed by atoms with Crippen LogP contribution in [0.2, 0.25) is 0 Å². The number of hydrogen-bond donors (Lipinski definition) is 2. The van der Waals surface area contributed by atoms with Crippen LogP contribution in [0, 0.1) is 0 Å². The third-order valence-electron chi connectivity index (χ3n) is 2.71. The number of fused-ring (bicyclic) bond motifs is 1. The molecule has 5 heteroatoms. The zero-order chi connectivity index (χ0) is 11.0. The average Bonchev–Trinajstić information content (AvgIpc) is 2.82. The normalized spacial score (nSPS) is 14.2. The van der Waals surface area contributed by atoms with Crippen LogP contribution < -0.4 is 10.9 Å². The molecule has 0 spiro atoms. The van der Waals surface area contributed by atoms with Gasteiger partial charge in [0.1, 0.15) is 11.6 Å². The van der Waals surface area contributed by atoms with Crippen LogP contribution in [0.25, 0.3) is 11.4 Å². The van der Waals surface area contributed by atoms with Gasteiger partial charge in [-0.3, -0.25) is 4.79 Å². The maximum atomic E-state index is 11.8. The number of nitrogens with one attached hydrogen (secondary N) is 2. The average molecular weight is 233 g/mol. The second kappa shape index (κ2) is 3.75. The summed E-state index contributed by atoms with van der Waals surface area (Å²) in [6.45, 7) is 0.895. The largest absolute Gasteiger partial charge is 0.370 e. The van der Waals surface area contributed by atoms with Gasteiger partial charge >= 0.3 is 0 Å². The lowest BCUT2D eigenvalue weighted by atomic mass is 10.1. The van der Waals surface area contributed by atoms with Gasteiger partial charge in [-0.1, -0.05) is 0 Å². The van der Waals surface area contributed by atoms with Gasteiger partial charge in [0, 0.05) is 17.5 Å². The Balaban J connectivity index is 2.16. The summed E-state index contributed by atoms with van der Waals surface area (Å²) in [6.07, 6.45) is 1.81. The highest BCUT2D eigenvalue weighted by atomic mass is 32.1. The van der Waals surface area contributed by atoms with Crippen LogP contribution in [-0.4, -0.2) is 16.5 Å². The molecule has 0 amide bonds. The molecule has 2 N–H and O–H groups in total. The number of nitrogens with zero attached hydrogens (tertiary/aromatic N) is 1. The van der Waals surface area contributed by atoms with E-state index in [9.17, 15) is 4.79 Å². The topological polar surface area (TPSA) is 57.8 Å². The quantitative estimate of drug-likeness (QED) is 0.790. The van der Waals surface area contributed by atoms with Crippen molar-refractivity contribution in [1.29, 1.82) is 0 Å². The molecule has 0 radical (unpaired) electrons. The third kappa shape index (κ3) is 1.53. The molecule has 0 unspecified atom stereocenters. The Hall–Kier alpha value is -1.62. The number of aromatic amines is 1. The van der Waals surface area contributed by atoms with E-state index in [1.807, 2.05) is 16.8 Å². The summed E-state index contributed by atoms with van der Waals surface area (Å²) in [4.78, 5) is 19.1. The lowest BCUT2D eigenvalue weighted by molar-refractivity contribution is 0.800. The molecule has 16 heavy (non-hydrogen) atoms. The molecule has 0 saturated carbocycles. The molecule has 4 nitrogen and oxygen atoms in total. The van der Waals surface area contributed by atoms with Crippen molar-refractivity contribution in [2.24, 2.45) is 0 Å². The first-order valence-corrected chi connectivity index (χ1v) is 6.18. The van der Waals surface area contributed by atoms with E-state index >= 15 is 0 Å². The van der Waals surface area contributed by atoms with Gasteiger partial charge in [0.2, 0.25) is 0 Å². The van der Waals surface area contributed by atoms with Gasteiger partial charge in [0.15, 0.2) is 0 Å². The van der Waals surface area contributed by atoms with Crippen molar-refractivity contribution in [3.8, 4) is 11.4 Å². The molecule has 2 aromatic rings. The van der Waals surface area contributed by atoms with Crippen molar-refractivity contribution in [2.75, 3.05) is 11.9 Å². The molecule has 0 bridgehead atoms. The Morgan fingerprint density at radius 2 is 2.38 bits per heavy atom. The van der Waals surface area contributed by atoms with Crippen LogP contribution in [0.1, 0.15) is 12.0 Å². The van der Waals surface area contributed by atoms with Crippen molar-refractivity contribution < 1.29 is 0 Å². The van der Waals surface area contributed by atoms with Gasteiger partial charge < -0.3 is 10.3 Å². The predicted molar refractivity (Wildman–Crippen MR) is 65.0 cm³/mol. The lowest BCUT2D eigenvalue weighted by Crippen LogP contribution is -2.24. The van der Waals surface area contributed by atoms with Gasteiger partial charge in [-0.05, 0) is 24.3 Å². The molecule has 1 aliphatic rings. The maximum Gasteiger partial charge on any atom is 0.256 e. The highest BCUT2D eigenvalue weighted by molar-refractivity contribution is 7.08. The Bertz CT molecular complexity index is 559. The SMILES string of the molecule is O=c1[nH]c(-c2ccsc2)nc2c1CCCN2. The van der Waals surface area contributed by atoms with Gasteiger partial charge in [-0.2, -0.15) is 11.3 Å². The molecule has 1 aliphatic heterocycles. The van der Waals surface area contributed by atoms with Crippen molar-refractivity contribution in [3.05, 3.63) is 32.7 Å². The smallest absolute Gasteiger partial charge is 0.256 e. The molecule has 0 aromatic carbocycles. The first-order valence-electron chi connectivity index (χ1n) is 5.24. The number of anilines is 1. The van der Waals surface area contributed by atoms with E-state index in [0.717, 1.165) is 36.3 Å². The highest BCUT2D eigenvalue weighted by Crippen LogP contribution is 2.21. The minimum atomic E-state index is -0.0154. The molecule has 0 aliphatic carbocycles. The van der Waals surface area contributed by atoms with Crippen molar-refractivity contribution >= 4 is 17.2 Å². The van der Waals surface area contributed by atoms with E-state index in [1.165, 1.54) is 0 Å². The molecule has 3 rings (SSSR count). The van der Waals surface area contributed by atoms with Crippen LogP contribution >= 0.6 is 11.3 Å². The summed E-state index contributed by atoms with van der Waals surface area (Å²) in [7, 11) is 0. The van der Waals surface area contributed by atoms with Gasteiger partial charge in [0.05, 0.1) is 5.56 Å². The van der Waals surface area contributed by atoms with Crippen molar-refractivity contribution in [3.63, 3.8) is 0 Å². The van der Waals surface area contributed by atoms with Gasteiger partial charge in [-0.25, -0.2) is 4.98 Å². The molecule has 0 saturated heterocycles. The maximum absolute atomic E-state index is 11.8. The Kier molecular flexibility index (Phi) is 2.25. The van der Waals surface area contributed by atoms with Crippen LogP contribution in [0.3, 0.4) is 0 Å². The van der Waals surface area contributed by atoms with Crippen LogP contribution in [-0.2, 0) is 6.42 Å². The Morgan fingerprint density at radius 3 is 3.19 bits per heavy atom. The van der Waals surface area contributed by atoms with Crippen LogP contribution in [0.5, 0.6) is 0 Å². The number of thiophene rings is 1. The highest BCUT2D eigenvalue weighted by Gasteiger charge is 2.15. The van der Waals surface area contributed by atoms with Gasteiger partial charge in [-0.15, -0.1) is 0 Å². The fourth-order valence-corrected chi connectivity index (χ4v) is 2.52. The second-order valence-corrected chi connectivity index (χ2v) is 4.56. The minimum absolute atomic E-state index is 0.0154. The summed E-state index contributed by atoms with van der Waals surface area (Å²) >= 11 is 1.60.